The molecule has 1 fully saturated rings. The van der Waals surface area contributed by atoms with E-state index in [9.17, 15) is 24.9 Å². The molecule has 0 unspecified atom stereocenters. The Morgan fingerprint density at radius 1 is 1.14 bits per heavy atom. The first-order valence-electron chi connectivity index (χ1n) is 11.5. The Bertz CT molecular complexity index is 1220. The van der Waals surface area contributed by atoms with Crippen molar-refractivity contribution in [2.24, 2.45) is 0 Å². The number of rotatable bonds is 10. The van der Waals surface area contributed by atoms with Gasteiger partial charge in [-0.25, -0.2) is 4.98 Å². The molecule has 192 valence electrons. The van der Waals surface area contributed by atoms with Crippen molar-refractivity contribution < 1.29 is 30.0 Å². The number of carbonyl (C=O) groups excluding carboxylic acids is 1. The Balaban J connectivity index is 1.54. The van der Waals surface area contributed by atoms with E-state index in [0.717, 1.165) is 5.56 Å². The smallest absolute Gasteiger partial charge is 0.303 e. The molecule has 0 saturated heterocycles. The molecule has 0 spiro atoms. The molecular formula is C23H27ClN6O6. The fourth-order valence-electron chi connectivity index (χ4n) is 4.41. The predicted molar refractivity (Wildman–Crippen MR) is 129 cm³/mol. The number of imidazole rings is 1. The molecule has 0 radical (unpaired) electrons. The number of aliphatic hydroxyl groups excluding tert-OH is 3. The maximum Gasteiger partial charge on any atom is 0.303 e. The number of aromatic nitrogens is 4. The van der Waals surface area contributed by atoms with Crippen LogP contribution in [-0.2, 0) is 16.0 Å². The lowest BCUT2D eigenvalue weighted by Gasteiger charge is -2.19. The molecule has 1 aliphatic rings. The molecule has 1 amide bonds. The molecule has 1 saturated carbocycles. The van der Waals surface area contributed by atoms with Crippen LogP contribution in [-0.4, -0.2) is 82.7 Å². The van der Waals surface area contributed by atoms with Crippen LogP contribution in [0, 0.1) is 0 Å². The van der Waals surface area contributed by atoms with E-state index in [2.05, 4.69) is 25.6 Å². The molecule has 13 heteroatoms. The maximum atomic E-state index is 12.1. The molecule has 4 rings (SSSR count). The quantitative estimate of drug-likeness (QED) is 0.207. The highest BCUT2D eigenvalue weighted by Crippen LogP contribution is 2.34. The number of aliphatic hydroxyl groups is 3. The number of aliphatic carboxylic acids is 1. The van der Waals surface area contributed by atoms with Gasteiger partial charge in [-0.2, -0.15) is 9.97 Å². The second-order valence-electron chi connectivity index (χ2n) is 8.73. The normalized spacial score (nSPS) is 22.4. The van der Waals surface area contributed by atoms with Gasteiger partial charge in [-0.15, -0.1) is 0 Å². The van der Waals surface area contributed by atoms with E-state index in [4.69, 9.17) is 16.7 Å². The number of nitrogens with one attached hydrogen (secondary N) is 2. The summed E-state index contributed by atoms with van der Waals surface area (Å²) in [5.74, 6) is -1.33. The first-order valence-corrected chi connectivity index (χ1v) is 11.8. The molecule has 0 aliphatic heterocycles. The third-order valence-corrected chi connectivity index (χ3v) is 6.37. The van der Waals surface area contributed by atoms with Gasteiger partial charge in [0.2, 0.25) is 11.2 Å². The van der Waals surface area contributed by atoms with Crippen LogP contribution in [0.5, 0.6) is 0 Å². The lowest BCUT2D eigenvalue weighted by molar-refractivity contribution is -0.139. The summed E-state index contributed by atoms with van der Waals surface area (Å²) in [6.07, 6.45) is -0.970. The third kappa shape index (κ3) is 5.73. The Labute approximate surface area is 211 Å². The monoisotopic (exact) mass is 518 g/mol. The zero-order valence-electron chi connectivity index (χ0n) is 19.2. The lowest BCUT2D eigenvalue weighted by Crippen LogP contribution is -2.43. The molecule has 1 aliphatic carbocycles. The number of carbonyl (C=O) groups is 2. The van der Waals surface area contributed by atoms with Crippen LogP contribution in [0.15, 0.2) is 36.7 Å². The van der Waals surface area contributed by atoms with Crippen LogP contribution in [0.3, 0.4) is 0 Å². The molecule has 2 heterocycles. The molecule has 1 aromatic carbocycles. The number of fused-ring (bicyclic) bond motifs is 1. The highest BCUT2D eigenvalue weighted by atomic mass is 35.5. The molecule has 6 N–H and O–H groups in total. The van der Waals surface area contributed by atoms with Gasteiger partial charge in [-0.1, -0.05) is 30.3 Å². The SMILES string of the molecule is O=C(O)CCC(=O)N[C@H]1C[C@@H](n2cnc3c(N[C@H](CO)Cc4ccccc4)nc(Cl)nc32)[C@H](O)[C@@H]1O. The van der Waals surface area contributed by atoms with Crippen molar-refractivity contribution >= 4 is 40.5 Å². The average molecular weight is 519 g/mol. The number of anilines is 1. The highest BCUT2D eigenvalue weighted by Gasteiger charge is 2.43. The number of carboxylic acids is 1. The third-order valence-electron chi connectivity index (χ3n) is 6.20. The lowest BCUT2D eigenvalue weighted by atomic mass is 10.1. The van der Waals surface area contributed by atoms with Crippen molar-refractivity contribution in [3.63, 3.8) is 0 Å². The van der Waals surface area contributed by atoms with Crippen molar-refractivity contribution in [3.8, 4) is 0 Å². The Kier molecular flexibility index (Phi) is 7.99. The molecule has 0 bridgehead atoms. The number of halogens is 1. The van der Waals surface area contributed by atoms with Crippen molar-refractivity contribution in [1.29, 1.82) is 0 Å². The van der Waals surface area contributed by atoms with E-state index >= 15 is 0 Å². The summed E-state index contributed by atoms with van der Waals surface area (Å²) < 4.78 is 1.57. The number of hydrogen-bond donors (Lipinski definition) is 6. The summed E-state index contributed by atoms with van der Waals surface area (Å²) in [6, 6.07) is 7.77. The van der Waals surface area contributed by atoms with E-state index < -0.39 is 36.2 Å². The standard InChI is InChI=1S/C23H27ClN6O6/c24-23-28-21(26-13(10-31)8-12-4-2-1-3-5-12)18-22(29-23)30(11-25-18)15-9-14(19(35)20(15)36)27-16(32)6-7-17(33)34/h1-5,11,13-15,19-20,31,35-36H,6-10H2,(H,27,32)(H,33,34)(H,26,28,29)/t13-,14-,15+,19+,20-/m0/s1. The van der Waals surface area contributed by atoms with Crippen LogP contribution >= 0.6 is 11.6 Å². The zero-order chi connectivity index (χ0) is 25.8. The largest absolute Gasteiger partial charge is 0.481 e. The van der Waals surface area contributed by atoms with E-state index in [1.54, 1.807) is 4.57 Å². The van der Waals surface area contributed by atoms with Crippen LogP contribution in [0.25, 0.3) is 11.2 Å². The predicted octanol–water partition coefficient (Wildman–Crippen LogP) is 0.511. The van der Waals surface area contributed by atoms with Gasteiger partial charge in [0.15, 0.2) is 17.0 Å². The van der Waals surface area contributed by atoms with Gasteiger partial charge in [0.25, 0.3) is 0 Å². The summed E-state index contributed by atoms with van der Waals surface area (Å²) in [7, 11) is 0. The van der Waals surface area contributed by atoms with E-state index in [0.29, 0.717) is 23.4 Å². The minimum absolute atomic E-state index is 0.0743. The summed E-state index contributed by atoms with van der Waals surface area (Å²) in [6.45, 7) is -0.171. The van der Waals surface area contributed by atoms with E-state index in [1.807, 2.05) is 30.3 Å². The average Bonchev–Trinajstić information content (AvgIpc) is 3.39. The first-order chi connectivity index (χ1) is 17.3. The topological polar surface area (TPSA) is 183 Å². The number of amides is 1. The molecule has 5 atom stereocenters. The van der Waals surface area contributed by atoms with Gasteiger partial charge >= 0.3 is 5.97 Å². The van der Waals surface area contributed by atoms with Gasteiger partial charge in [-0.3, -0.25) is 9.59 Å². The summed E-state index contributed by atoms with van der Waals surface area (Å²) in [4.78, 5) is 35.6. The maximum absolute atomic E-state index is 12.1. The Morgan fingerprint density at radius 3 is 2.58 bits per heavy atom. The van der Waals surface area contributed by atoms with Crippen LogP contribution < -0.4 is 10.6 Å². The number of hydrogen-bond acceptors (Lipinski definition) is 9. The summed E-state index contributed by atoms with van der Waals surface area (Å²) in [5.41, 5.74) is 1.69. The van der Waals surface area contributed by atoms with Crippen molar-refractivity contribution in [2.45, 2.75) is 56.0 Å². The molecule has 3 aromatic rings. The van der Waals surface area contributed by atoms with E-state index in [1.165, 1.54) is 6.33 Å². The molecule has 12 nitrogen and oxygen atoms in total. The number of benzene rings is 1. The zero-order valence-corrected chi connectivity index (χ0v) is 19.9. The second kappa shape index (κ2) is 11.2. The second-order valence-corrected chi connectivity index (χ2v) is 9.07. The Hall–Kier alpha value is -3.32. The molecule has 36 heavy (non-hydrogen) atoms. The van der Waals surface area contributed by atoms with Crippen molar-refractivity contribution in [3.05, 3.63) is 47.5 Å². The highest BCUT2D eigenvalue weighted by molar-refractivity contribution is 6.28. The van der Waals surface area contributed by atoms with Gasteiger partial charge in [0.05, 0.1) is 37.5 Å². The van der Waals surface area contributed by atoms with Gasteiger partial charge in [0, 0.05) is 6.42 Å². The minimum Gasteiger partial charge on any atom is -0.481 e. The fraction of sp³-hybridized carbons (Fsp3) is 0.435. The van der Waals surface area contributed by atoms with Gasteiger partial charge in [0.1, 0.15) is 12.2 Å². The van der Waals surface area contributed by atoms with Crippen molar-refractivity contribution in [2.75, 3.05) is 11.9 Å². The Morgan fingerprint density at radius 2 is 1.89 bits per heavy atom. The number of nitrogens with zero attached hydrogens (tertiary/aromatic N) is 4. The van der Waals surface area contributed by atoms with Crippen LogP contribution in [0.1, 0.15) is 30.9 Å². The minimum atomic E-state index is -1.28. The van der Waals surface area contributed by atoms with Crippen LogP contribution in [0.4, 0.5) is 5.82 Å². The summed E-state index contributed by atoms with van der Waals surface area (Å²) in [5, 5.41) is 45.6. The molecule has 2 aromatic heterocycles. The fourth-order valence-corrected chi connectivity index (χ4v) is 4.58. The van der Waals surface area contributed by atoms with E-state index in [-0.39, 0.29) is 37.2 Å². The first kappa shape index (κ1) is 25.8. The summed E-state index contributed by atoms with van der Waals surface area (Å²) >= 11 is 6.19. The van der Waals surface area contributed by atoms with Crippen molar-refractivity contribution in [1.82, 2.24) is 24.8 Å². The van der Waals surface area contributed by atoms with Gasteiger partial charge in [-0.05, 0) is 30.0 Å². The molecular weight excluding hydrogens is 492 g/mol. The van der Waals surface area contributed by atoms with Gasteiger partial charge < -0.3 is 35.6 Å². The number of carboxylic acid groups (broad SMARTS) is 1. The van der Waals surface area contributed by atoms with Crippen LogP contribution in [0.2, 0.25) is 5.28 Å².